The Hall–Kier alpha value is -3.26. The number of halogens is 1. The van der Waals surface area contributed by atoms with Crippen molar-refractivity contribution in [2.24, 2.45) is 0 Å². The highest BCUT2D eigenvalue weighted by Gasteiger charge is 2.15. The van der Waals surface area contributed by atoms with Crippen LogP contribution in [0.2, 0.25) is 0 Å². The van der Waals surface area contributed by atoms with Crippen LogP contribution in [0.25, 0.3) is 0 Å². The van der Waals surface area contributed by atoms with Gasteiger partial charge in [-0.15, -0.1) is 0 Å². The van der Waals surface area contributed by atoms with E-state index in [2.05, 4.69) is 16.0 Å². The predicted octanol–water partition coefficient (Wildman–Crippen LogP) is 2.73. The van der Waals surface area contributed by atoms with Crippen LogP contribution in [0.4, 0.5) is 14.9 Å². The highest BCUT2D eigenvalue weighted by atomic mass is 19.1. The fourth-order valence-corrected chi connectivity index (χ4v) is 2.82. The Morgan fingerprint density at radius 2 is 1.63 bits per heavy atom. The number of benzene rings is 2. The summed E-state index contributed by atoms with van der Waals surface area (Å²) in [6.45, 7) is 6.27. The summed E-state index contributed by atoms with van der Waals surface area (Å²) in [5.41, 5.74) is 3.36. The SMILES string of the molecule is CCN(CC(=O)NCc1ccc(F)cc1)CC(=O)NC(=O)Nc1ccc(C)cc1C. The second kappa shape index (κ2) is 11.1. The van der Waals surface area contributed by atoms with E-state index in [4.69, 9.17) is 0 Å². The number of imide groups is 1. The van der Waals surface area contributed by atoms with Crippen LogP contribution in [0.3, 0.4) is 0 Å². The Kier molecular flexibility index (Phi) is 8.49. The largest absolute Gasteiger partial charge is 0.351 e. The predicted molar refractivity (Wildman–Crippen MR) is 113 cm³/mol. The van der Waals surface area contributed by atoms with E-state index in [0.717, 1.165) is 16.7 Å². The normalized spacial score (nSPS) is 10.6. The lowest BCUT2D eigenvalue weighted by Crippen LogP contribution is -2.45. The number of rotatable bonds is 8. The maximum Gasteiger partial charge on any atom is 0.325 e. The zero-order valence-corrected chi connectivity index (χ0v) is 17.4. The Bertz CT molecular complexity index is 900. The summed E-state index contributed by atoms with van der Waals surface area (Å²) in [6, 6.07) is 10.8. The molecule has 8 heteroatoms. The zero-order chi connectivity index (χ0) is 22.1. The highest BCUT2D eigenvalue weighted by molar-refractivity contribution is 6.02. The molecule has 0 radical (unpaired) electrons. The quantitative estimate of drug-likeness (QED) is 0.620. The van der Waals surface area contributed by atoms with E-state index in [1.807, 2.05) is 32.9 Å². The standard InChI is InChI=1S/C22H27FN4O3/c1-4-27(13-20(28)24-12-17-6-8-18(23)9-7-17)14-21(29)26-22(30)25-19-10-5-15(2)11-16(19)3/h5-11H,4,12-14H2,1-3H3,(H,24,28)(H2,25,26,29,30). The van der Waals surface area contributed by atoms with Gasteiger partial charge in [-0.1, -0.05) is 36.8 Å². The number of aryl methyl sites for hydroxylation is 2. The molecule has 0 aliphatic carbocycles. The van der Waals surface area contributed by atoms with Gasteiger partial charge >= 0.3 is 6.03 Å². The van der Waals surface area contributed by atoms with E-state index in [9.17, 15) is 18.8 Å². The molecular formula is C22H27FN4O3. The van der Waals surface area contributed by atoms with Gasteiger partial charge in [0.2, 0.25) is 11.8 Å². The smallest absolute Gasteiger partial charge is 0.325 e. The van der Waals surface area contributed by atoms with Crippen molar-refractivity contribution >= 4 is 23.5 Å². The number of hydrogen-bond acceptors (Lipinski definition) is 4. The molecule has 0 saturated carbocycles. The molecule has 0 aromatic heterocycles. The van der Waals surface area contributed by atoms with Gasteiger partial charge in [0, 0.05) is 12.2 Å². The third kappa shape index (κ3) is 7.63. The van der Waals surface area contributed by atoms with E-state index in [-0.39, 0.29) is 31.4 Å². The molecule has 4 amide bonds. The summed E-state index contributed by atoms with van der Waals surface area (Å²) < 4.78 is 12.9. The first-order valence-electron chi connectivity index (χ1n) is 9.68. The van der Waals surface area contributed by atoms with Gasteiger partial charge < -0.3 is 10.6 Å². The summed E-state index contributed by atoms with van der Waals surface area (Å²) in [4.78, 5) is 38.0. The molecule has 0 spiro atoms. The number of urea groups is 1. The van der Waals surface area contributed by atoms with Gasteiger partial charge in [0.05, 0.1) is 13.1 Å². The van der Waals surface area contributed by atoms with E-state index in [1.54, 1.807) is 23.1 Å². The lowest BCUT2D eigenvalue weighted by atomic mass is 10.1. The first kappa shape index (κ1) is 23.0. The number of nitrogens with one attached hydrogen (secondary N) is 3. The van der Waals surface area contributed by atoms with Gasteiger partial charge in [-0.05, 0) is 49.7 Å². The molecule has 0 aliphatic rings. The van der Waals surface area contributed by atoms with E-state index >= 15 is 0 Å². The van der Waals surface area contributed by atoms with Crippen LogP contribution in [-0.2, 0) is 16.1 Å². The second-order valence-corrected chi connectivity index (χ2v) is 7.03. The lowest BCUT2D eigenvalue weighted by molar-refractivity contribution is -0.124. The van der Waals surface area contributed by atoms with Crippen molar-refractivity contribution in [2.75, 3.05) is 25.0 Å². The number of hydrogen-bond donors (Lipinski definition) is 3. The summed E-state index contributed by atoms with van der Waals surface area (Å²) in [5.74, 6) is -1.12. The molecule has 0 bridgehead atoms. The first-order chi connectivity index (χ1) is 14.3. The molecule has 0 saturated heterocycles. The molecule has 30 heavy (non-hydrogen) atoms. The molecular weight excluding hydrogens is 387 g/mol. The average molecular weight is 414 g/mol. The van der Waals surface area contributed by atoms with Crippen LogP contribution in [0.1, 0.15) is 23.6 Å². The summed E-state index contributed by atoms with van der Waals surface area (Å²) in [7, 11) is 0. The molecule has 0 heterocycles. The highest BCUT2D eigenvalue weighted by Crippen LogP contribution is 2.15. The third-order valence-corrected chi connectivity index (χ3v) is 4.47. The van der Waals surface area contributed by atoms with Gasteiger partial charge in [0.1, 0.15) is 5.82 Å². The van der Waals surface area contributed by atoms with Crippen LogP contribution in [0, 0.1) is 19.7 Å². The van der Waals surface area contributed by atoms with E-state index in [1.165, 1.54) is 12.1 Å². The van der Waals surface area contributed by atoms with Crippen LogP contribution in [-0.4, -0.2) is 42.4 Å². The van der Waals surface area contributed by atoms with Gasteiger partial charge in [-0.3, -0.25) is 19.8 Å². The van der Waals surface area contributed by atoms with Crippen molar-refractivity contribution in [2.45, 2.75) is 27.3 Å². The molecule has 3 N–H and O–H groups in total. The summed E-state index contributed by atoms with van der Waals surface area (Å²) in [6.07, 6.45) is 0. The monoisotopic (exact) mass is 414 g/mol. The topological polar surface area (TPSA) is 90.5 Å². The zero-order valence-electron chi connectivity index (χ0n) is 17.4. The number of amides is 4. The van der Waals surface area contributed by atoms with Crippen molar-refractivity contribution in [3.63, 3.8) is 0 Å². The number of likely N-dealkylation sites (N-methyl/N-ethyl adjacent to an activating group) is 1. The fraction of sp³-hybridized carbons (Fsp3) is 0.318. The minimum atomic E-state index is -0.622. The fourth-order valence-electron chi connectivity index (χ4n) is 2.82. The van der Waals surface area contributed by atoms with Gasteiger partial charge in [0.25, 0.3) is 0 Å². The lowest BCUT2D eigenvalue weighted by Gasteiger charge is -2.19. The van der Waals surface area contributed by atoms with Crippen LogP contribution >= 0.6 is 0 Å². The van der Waals surface area contributed by atoms with Gasteiger partial charge in [0.15, 0.2) is 0 Å². The maximum absolute atomic E-state index is 12.9. The molecule has 0 fully saturated rings. The summed E-state index contributed by atoms with van der Waals surface area (Å²) >= 11 is 0. The number of carbonyl (C=O) groups excluding carboxylic acids is 3. The molecule has 0 atom stereocenters. The first-order valence-corrected chi connectivity index (χ1v) is 9.68. The summed E-state index contributed by atoms with van der Waals surface area (Å²) in [5, 5.41) is 7.65. The number of carbonyl (C=O) groups is 3. The van der Waals surface area contributed by atoms with Crippen molar-refractivity contribution < 1.29 is 18.8 Å². The van der Waals surface area contributed by atoms with Crippen molar-refractivity contribution in [1.29, 1.82) is 0 Å². The molecule has 2 aromatic rings. The Morgan fingerprint density at radius 3 is 2.27 bits per heavy atom. The van der Waals surface area contributed by atoms with E-state index in [0.29, 0.717) is 12.2 Å². The molecule has 2 aromatic carbocycles. The van der Waals surface area contributed by atoms with E-state index < -0.39 is 11.9 Å². The number of nitrogens with zero attached hydrogens (tertiary/aromatic N) is 1. The van der Waals surface area contributed by atoms with Crippen LogP contribution in [0.5, 0.6) is 0 Å². The Balaban J connectivity index is 1.78. The molecule has 0 aliphatic heterocycles. The van der Waals surface area contributed by atoms with Crippen molar-refractivity contribution in [3.8, 4) is 0 Å². The maximum atomic E-state index is 12.9. The molecule has 2 rings (SSSR count). The Morgan fingerprint density at radius 1 is 0.967 bits per heavy atom. The molecule has 160 valence electrons. The van der Waals surface area contributed by atoms with Crippen LogP contribution < -0.4 is 16.0 Å². The minimum absolute atomic E-state index is 0.00377. The third-order valence-electron chi connectivity index (χ3n) is 4.47. The van der Waals surface area contributed by atoms with Gasteiger partial charge in [-0.2, -0.15) is 0 Å². The van der Waals surface area contributed by atoms with Crippen LogP contribution in [0.15, 0.2) is 42.5 Å². The number of anilines is 1. The average Bonchev–Trinajstić information content (AvgIpc) is 2.69. The molecule has 7 nitrogen and oxygen atoms in total. The second-order valence-electron chi connectivity index (χ2n) is 7.03. The van der Waals surface area contributed by atoms with Crippen molar-refractivity contribution in [3.05, 3.63) is 65.0 Å². The van der Waals surface area contributed by atoms with Crippen molar-refractivity contribution in [1.82, 2.24) is 15.5 Å². The minimum Gasteiger partial charge on any atom is -0.351 e. The molecule has 0 unspecified atom stereocenters. The van der Waals surface area contributed by atoms with Gasteiger partial charge in [-0.25, -0.2) is 9.18 Å². The Labute approximate surface area is 175 Å².